The number of hydrogen-bond acceptors (Lipinski definition) is 3. The van der Waals surface area contributed by atoms with Crippen molar-refractivity contribution in [2.45, 2.75) is 18.9 Å². The quantitative estimate of drug-likeness (QED) is 0.800. The van der Waals surface area contributed by atoms with Crippen molar-refractivity contribution in [3.63, 3.8) is 0 Å². The lowest BCUT2D eigenvalue weighted by Crippen LogP contribution is -2.14. The van der Waals surface area contributed by atoms with Crippen molar-refractivity contribution in [1.82, 2.24) is 19.7 Å². The van der Waals surface area contributed by atoms with Gasteiger partial charge in [0, 0.05) is 6.04 Å². The minimum atomic E-state index is 0.389. The summed E-state index contributed by atoms with van der Waals surface area (Å²) >= 11 is 6.01. The lowest BCUT2D eigenvalue weighted by Gasteiger charge is -2.09. The van der Waals surface area contributed by atoms with Gasteiger partial charge in [-0.3, -0.25) is 4.40 Å². The van der Waals surface area contributed by atoms with Crippen LogP contribution in [-0.2, 0) is 0 Å². The second kappa shape index (κ2) is 3.47. The van der Waals surface area contributed by atoms with Gasteiger partial charge in [-0.25, -0.2) is 9.97 Å². The first-order valence-corrected chi connectivity index (χ1v) is 5.44. The van der Waals surface area contributed by atoms with Crippen LogP contribution in [0, 0.1) is 0 Å². The molecule has 4 nitrogen and oxygen atoms in total. The highest BCUT2D eigenvalue weighted by Gasteiger charge is 2.20. The number of nitrogens with one attached hydrogen (secondary N) is 1. The summed E-state index contributed by atoms with van der Waals surface area (Å²) in [7, 11) is 0. The number of fused-ring (bicyclic) bond motifs is 1. The number of imidazole rings is 1. The molecule has 5 heteroatoms. The highest BCUT2D eigenvalue weighted by Crippen LogP contribution is 2.25. The van der Waals surface area contributed by atoms with Gasteiger partial charge >= 0.3 is 0 Å². The Bertz CT molecular complexity index is 487. The van der Waals surface area contributed by atoms with E-state index in [2.05, 4.69) is 15.3 Å². The average molecular weight is 223 g/mol. The highest BCUT2D eigenvalue weighted by molar-refractivity contribution is 6.33. The fraction of sp³-hybridized carbons (Fsp3) is 0.400. The molecule has 1 aliphatic rings. The molecule has 1 saturated heterocycles. The van der Waals surface area contributed by atoms with Crippen molar-refractivity contribution in [2.24, 2.45) is 0 Å². The standard InChI is InChI=1S/C10H11ClN4/c11-7-4-12-6-15-9(5-14-10(7)15)8-2-1-3-13-8/h4-6,8,13H,1-3H2. The number of nitrogens with zero attached hydrogens (tertiary/aromatic N) is 3. The maximum atomic E-state index is 6.01. The third-order valence-corrected chi connectivity index (χ3v) is 3.09. The van der Waals surface area contributed by atoms with Crippen LogP contribution < -0.4 is 5.32 Å². The van der Waals surface area contributed by atoms with Crippen LogP contribution in [0.15, 0.2) is 18.7 Å². The number of rotatable bonds is 1. The summed E-state index contributed by atoms with van der Waals surface area (Å²) in [6, 6.07) is 0.389. The third-order valence-electron chi connectivity index (χ3n) is 2.83. The Balaban J connectivity index is 2.15. The van der Waals surface area contributed by atoms with E-state index in [1.54, 1.807) is 12.5 Å². The van der Waals surface area contributed by atoms with Crippen molar-refractivity contribution < 1.29 is 0 Å². The Morgan fingerprint density at radius 2 is 2.40 bits per heavy atom. The summed E-state index contributed by atoms with van der Waals surface area (Å²) in [6.45, 7) is 1.08. The Labute approximate surface area is 92.3 Å². The van der Waals surface area contributed by atoms with Crippen LogP contribution in [0.5, 0.6) is 0 Å². The van der Waals surface area contributed by atoms with Crippen molar-refractivity contribution in [1.29, 1.82) is 0 Å². The van der Waals surface area contributed by atoms with Crippen LogP contribution in [0.2, 0.25) is 5.02 Å². The summed E-state index contributed by atoms with van der Waals surface area (Å²) in [5.74, 6) is 0. The molecule has 0 amide bonds. The second-order valence-electron chi connectivity index (χ2n) is 3.77. The number of hydrogen-bond donors (Lipinski definition) is 1. The van der Waals surface area contributed by atoms with Gasteiger partial charge in [0.15, 0.2) is 5.65 Å². The molecule has 78 valence electrons. The van der Waals surface area contributed by atoms with Crippen molar-refractivity contribution in [3.05, 3.63) is 29.4 Å². The molecule has 0 aliphatic carbocycles. The maximum Gasteiger partial charge on any atom is 0.158 e. The van der Waals surface area contributed by atoms with E-state index in [-0.39, 0.29) is 0 Å². The van der Waals surface area contributed by atoms with Crippen LogP contribution in [0.1, 0.15) is 24.6 Å². The molecule has 0 bridgehead atoms. The van der Waals surface area contributed by atoms with Crippen molar-refractivity contribution in [2.75, 3.05) is 6.54 Å². The SMILES string of the molecule is Clc1cncn2c(C3CCCN3)cnc12. The zero-order valence-electron chi connectivity index (χ0n) is 8.15. The first-order chi connectivity index (χ1) is 7.36. The van der Waals surface area contributed by atoms with Crippen LogP contribution in [0.4, 0.5) is 0 Å². The van der Waals surface area contributed by atoms with E-state index in [4.69, 9.17) is 11.6 Å². The van der Waals surface area contributed by atoms with Gasteiger partial charge in [-0.15, -0.1) is 0 Å². The summed E-state index contributed by atoms with van der Waals surface area (Å²) in [5.41, 5.74) is 1.94. The van der Waals surface area contributed by atoms with Crippen LogP contribution in [-0.4, -0.2) is 20.9 Å². The summed E-state index contributed by atoms with van der Waals surface area (Å²) in [5, 5.41) is 4.04. The molecular formula is C10H11ClN4. The topological polar surface area (TPSA) is 42.2 Å². The first-order valence-electron chi connectivity index (χ1n) is 5.06. The molecule has 1 aliphatic heterocycles. The smallest absolute Gasteiger partial charge is 0.158 e. The van der Waals surface area contributed by atoms with E-state index in [0.29, 0.717) is 11.1 Å². The molecule has 0 aromatic carbocycles. The van der Waals surface area contributed by atoms with Gasteiger partial charge in [0.2, 0.25) is 0 Å². The van der Waals surface area contributed by atoms with Gasteiger partial charge in [-0.1, -0.05) is 11.6 Å². The third kappa shape index (κ3) is 1.41. The van der Waals surface area contributed by atoms with Crippen LogP contribution in [0.3, 0.4) is 0 Å². The van der Waals surface area contributed by atoms with Crippen LogP contribution >= 0.6 is 11.6 Å². The molecule has 1 atom stereocenters. The van der Waals surface area contributed by atoms with E-state index in [1.807, 2.05) is 10.6 Å². The van der Waals surface area contributed by atoms with Gasteiger partial charge in [0.05, 0.1) is 18.1 Å². The first kappa shape index (κ1) is 9.12. The predicted octanol–water partition coefficient (Wildman–Crippen LogP) is 1.81. The van der Waals surface area contributed by atoms with Crippen LogP contribution in [0.25, 0.3) is 5.65 Å². The van der Waals surface area contributed by atoms with E-state index < -0.39 is 0 Å². The van der Waals surface area contributed by atoms with Gasteiger partial charge < -0.3 is 5.32 Å². The monoisotopic (exact) mass is 222 g/mol. The predicted molar refractivity (Wildman–Crippen MR) is 58.0 cm³/mol. The normalized spacial score (nSPS) is 21.3. The molecule has 2 aromatic rings. The van der Waals surface area contributed by atoms with Gasteiger partial charge in [0.25, 0.3) is 0 Å². The van der Waals surface area contributed by atoms with E-state index in [9.17, 15) is 0 Å². The zero-order valence-corrected chi connectivity index (χ0v) is 8.91. The van der Waals surface area contributed by atoms with E-state index in [0.717, 1.165) is 24.3 Å². The molecular weight excluding hydrogens is 212 g/mol. The lowest BCUT2D eigenvalue weighted by atomic mass is 10.2. The highest BCUT2D eigenvalue weighted by atomic mass is 35.5. The average Bonchev–Trinajstić information content (AvgIpc) is 2.85. The summed E-state index contributed by atoms with van der Waals surface area (Å²) in [4.78, 5) is 8.39. The second-order valence-corrected chi connectivity index (χ2v) is 4.17. The largest absolute Gasteiger partial charge is 0.309 e. The molecule has 3 rings (SSSR count). The molecule has 2 aromatic heterocycles. The molecule has 1 fully saturated rings. The Kier molecular flexibility index (Phi) is 2.11. The molecule has 0 radical (unpaired) electrons. The molecule has 15 heavy (non-hydrogen) atoms. The van der Waals surface area contributed by atoms with Crippen molar-refractivity contribution in [3.8, 4) is 0 Å². The Morgan fingerprint density at radius 3 is 3.20 bits per heavy atom. The fourth-order valence-electron chi connectivity index (χ4n) is 2.09. The minimum Gasteiger partial charge on any atom is -0.309 e. The minimum absolute atomic E-state index is 0.389. The molecule has 3 heterocycles. The van der Waals surface area contributed by atoms with E-state index >= 15 is 0 Å². The molecule has 0 saturated carbocycles. The molecule has 0 spiro atoms. The van der Waals surface area contributed by atoms with Gasteiger partial charge in [0.1, 0.15) is 11.3 Å². The van der Waals surface area contributed by atoms with E-state index in [1.165, 1.54) is 6.42 Å². The zero-order chi connectivity index (χ0) is 10.3. The lowest BCUT2D eigenvalue weighted by molar-refractivity contribution is 0.621. The summed E-state index contributed by atoms with van der Waals surface area (Å²) < 4.78 is 1.96. The maximum absolute atomic E-state index is 6.01. The number of aromatic nitrogens is 3. The Hall–Kier alpha value is -1.13. The van der Waals surface area contributed by atoms with Crippen molar-refractivity contribution >= 4 is 17.2 Å². The summed E-state index contributed by atoms with van der Waals surface area (Å²) in [6.07, 6.45) is 7.64. The molecule has 1 unspecified atom stereocenters. The Morgan fingerprint density at radius 1 is 1.47 bits per heavy atom. The van der Waals surface area contributed by atoms with Gasteiger partial charge in [-0.05, 0) is 19.4 Å². The van der Waals surface area contributed by atoms with Gasteiger partial charge in [-0.2, -0.15) is 0 Å². The fourth-order valence-corrected chi connectivity index (χ4v) is 2.29. The molecule has 1 N–H and O–H groups in total. The number of halogens is 1.